The van der Waals surface area contributed by atoms with Gasteiger partial charge in [0.15, 0.2) is 0 Å². The quantitative estimate of drug-likeness (QED) is 0.591. The summed E-state index contributed by atoms with van der Waals surface area (Å²) in [6, 6.07) is 13.7. The lowest BCUT2D eigenvalue weighted by atomic mass is 10.1. The second-order valence-electron chi connectivity index (χ2n) is 7.97. The van der Waals surface area contributed by atoms with Crippen molar-refractivity contribution in [3.8, 4) is 16.3 Å². The first-order valence-corrected chi connectivity index (χ1v) is 11.5. The summed E-state index contributed by atoms with van der Waals surface area (Å²) in [5.74, 6) is 0.699. The first-order valence-electron chi connectivity index (χ1n) is 10.7. The summed E-state index contributed by atoms with van der Waals surface area (Å²) < 4.78 is 25.5. The Balaban J connectivity index is 1.28. The summed E-state index contributed by atoms with van der Waals surface area (Å²) in [6.07, 6.45) is 0.921. The lowest BCUT2D eigenvalue weighted by molar-refractivity contribution is 0.122. The summed E-state index contributed by atoms with van der Waals surface area (Å²) in [7, 11) is 1.68. The molecular formula is C24H26FN3O2S. The van der Waals surface area contributed by atoms with Gasteiger partial charge < -0.3 is 14.4 Å². The fraction of sp³-hybridized carbons (Fsp3) is 0.375. The fourth-order valence-electron chi connectivity index (χ4n) is 4.23. The fourth-order valence-corrected chi connectivity index (χ4v) is 5.38. The zero-order valence-electron chi connectivity index (χ0n) is 17.6. The smallest absolute Gasteiger partial charge is 0.146 e. The van der Waals surface area contributed by atoms with Crippen LogP contribution in [0.1, 0.15) is 16.1 Å². The number of morpholine rings is 1. The molecule has 1 fully saturated rings. The number of thiazole rings is 1. The van der Waals surface area contributed by atoms with Gasteiger partial charge in [0.25, 0.3) is 0 Å². The maximum absolute atomic E-state index is 14.8. The largest absolute Gasteiger partial charge is 0.497 e. The van der Waals surface area contributed by atoms with Gasteiger partial charge >= 0.3 is 0 Å². The normalized spacial score (nSPS) is 16.9. The van der Waals surface area contributed by atoms with Gasteiger partial charge in [0, 0.05) is 49.6 Å². The minimum absolute atomic E-state index is 0.143. The number of anilines is 1. The first-order chi connectivity index (χ1) is 15.2. The monoisotopic (exact) mass is 439 g/mol. The molecule has 162 valence electrons. The Bertz CT molecular complexity index is 1060. The number of fused-ring (bicyclic) bond motifs is 1. The lowest BCUT2D eigenvalue weighted by Crippen LogP contribution is -2.36. The summed E-state index contributed by atoms with van der Waals surface area (Å²) in [6.45, 7) is 5.32. The molecule has 0 saturated carbocycles. The molecule has 31 heavy (non-hydrogen) atoms. The number of hydrogen-bond acceptors (Lipinski definition) is 6. The van der Waals surface area contributed by atoms with Crippen molar-refractivity contribution in [2.45, 2.75) is 19.5 Å². The van der Waals surface area contributed by atoms with Gasteiger partial charge in [-0.2, -0.15) is 0 Å². The molecule has 3 aromatic rings. The van der Waals surface area contributed by atoms with Gasteiger partial charge in [-0.1, -0.05) is 18.2 Å². The van der Waals surface area contributed by atoms with Gasteiger partial charge in [0.2, 0.25) is 0 Å². The number of aromatic nitrogens is 1. The lowest BCUT2D eigenvalue weighted by Gasteiger charge is -2.30. The summed E-state index contributed by atoms with van der Waals surface area (Å²) >= 11 is 1.75. The highest BCUT2D eigenvalue weighted by Gasteiger charge is 2.22. The highest BCUT2D eigenvalue weighted by molar-refractivity contribution is 7.15. The van der Waals surface area contributed by atoms with E-state index in [2.05, 4.69) is 21.9 Å². The van der Waals surface area contributed by atoms with Crippen LogP contribution in [0, 0.1) is 5.82 Å². The summed E-state index contributed by atoms with van der Waals surface area (Å²) in [5, 5.41) is 1.03. The number of benzene rings is 2. The van der Waals surface area contributed by atoms with Gasteiger partial charge in [-0.05, 0) is 29.8 Å². The number of hydrogen-bond donors (Lipinski definition) is 0. The van der Waals surface area contributed by atoms with Crippen LogP contribution in [0.25, 0.3) is 10.6 Å². The third-order valence-corrected chi connectivity index (χ3v) is 7.03. The van der Waals surface area contributed by atoms with E-state index in [-0.39, 0.29) is 5.82 Å². The van der Waals surface area contributed by atoms with Crippen LogP contribution in [0.4, 0.5) is 10.1 Å². The van der Waals surface area contributed by atoms with Crippen LogP contribution in [-0.4, -0.2) is 49.8 Å². The standard InChI is InChI=1S/C24H26FN3O2S/c1-29-19-4-2-3-18(14-19)24-26-21-7-8-27(16-23(21)31-24)15-17-5-6-22(20(25)13-17)28-9-11-30-12-10-28/h2-6,13-14H,7-12,15-16H2,1H3. The van der Waals surface area contributed by atoms with Gasteiger partial charge in [-0.3, -0.25) is 4.90 Å². The van der Waals surface area contributed by atoms with Crippen molar-refractivity contribution in [2.75, 3.05) is 44.9 Å². The van der Waals surface area contributed by atoms with Crippen molar-refractivity contribution in [1.29, 1.82) is 0 Å². The SMILES string of the molecule is COc1cccc(-c2nc3c(s2)CN(Cc2ccc(N4CCOCC4)c(F)c2)CC3)c1. The van der Waals surface area contributed by atoms with Crippen molar-refractivity contribution in [3.05, 3.63) is 64.4 Å². The highest BCUT2D eigenvalue weighted by atomic mass is 32.1. The van der Waals surface area contributed by atoms with Crippen molar-refractivity contribution in [3.63, 3.8) is 0 Å². The van der Waals surface area contributed by atoms with E-state index in [0.29, 0.717) is 18.9 Å². The van der Waals surface area contributed by atoms with Crippen LogP contribution >= 0.6 is 11.3 Å². The van der Waals surface area contributed by atoms with E-state index in [1.807, 2.05) is 24.3 Å². The van der Waals surface area contributed by atoms with Crippen LogP contribution in [0.15, 0.2) is 42.5 Å². The van der Waals surface area contributed by atoms with Crippen LogP contribution < -0.4 is 9.64 Å². The Labute approximate surface area is 186 Å². The molecule has 7 heteroatoms. The number of nitrogens with zero attached hydrogens (tertiary/aromatic N) is 3. The molecule has 1 aromatic heterocycles. The predicted molar refractivity (Wildman–Crippen MR) is 121 cm³/mol. The second kappa shape index (κ2) is 8.94. The average molecular weight is 440 g/mol. The maximum atomic E-state index is 14.8. The molecular weight excluding hydrogens is 413 g/mol. The first kappa shape index (κ1) is 20.4. The van der Waals surface area contributed by atoms with Crippen molar-refractivity contribution < 1.29 is 13.9 Å². The zero-order valence-corrected chi connectivity index (χ0v) is 18.5. The predicted octanol–water partition coefficient (Wildman–Crippen LogP) is 4.35. The van der Waals surface area contributed by atoms with Gasteiger partial charge in [-0.25, -0.2) is 9.37 Å². The van der Waals surface area contributed by atoms with Crippen LogP contribution in [0.2, 0.25) is 0 Å². The molecule has 2 aromatic carbocycles. The van der Waals surface area contributed by atoms with Crippen LogP contribution in [0.3, 0.4) is 0 Å². The maximum Gasteiger partial charge on any atom is 0.146 e. The molecule has 5 nitrogen and oxygen atoms in total. The van der Waals surface area contributed by atoms with E-state index >= 15 is 0 Å². The molecule has 0 bridgehead atoms. The van der Waals surface area contributed by atoms with E-state index in [9.17, 15) is 4.39 Å². The third kappa shape index (κ3) is 4.44. The van der Waals surface area contributed by atoms with Gasteiger partial charge in [0.1, 0.15) is 16.6 Å². The molecule has 0 unspecified atom stereocenters. The molecule has 0 atom stereocenters. The van der Waals surface area contributed by atoms with Crippen molar-refractivity contribution in [2.24, 2.45) is 0 Å². The minimum atomic E-state index is -0.143. The molecule has 0 N–H and O–H groups in total. The van der Waals surface area contributed by atoms with Crippen LogP contribution in [-0.2, 0) is 24.2 Å². The second-order valence-corrected chi connectivity index (χ2v) is 9.05. The van der Waals surface area contributed by atoms with Crippen LogP contribution in [0.5, 0.6) is 5.75 Å². The number of ether oxygens (including phenoxy) is 2. The number of rotatable bonds is 5. The van der Waals surface area contributed by atoms with E-state index in [1.54, 1.807) is 24.5 Å². The molecule has 2 aliphatic rings. The summed E-state index contributed by atoms with van der Waals surface area (Å²) in [5.41, 5.74) is 3.97. The molecule has 5 rings (SSSR count). The summed E-state index contributed by atoms with van der Waals surface area (Å²) in [4.78, 5) is 10.6. The van der Waals surface area contributed by atoms with Gasteiger partial charge in [0.05, 0.1) is 31.7 Å². The molecule has 0 aliphatic carbocycles. The van der Waals surface area contributed by atoms with E-state index in [1.165, 1.54) is 10.6 Å². The molecule has 0 amide bonds. The Morgan fingerprint density at radius 1 is 1.13 bits per heavy atom. The highest BCUT2D eigenvalue weighted by Crippen LogP contribution is 2.33. The topological polar surface area (TPSA) is 37.8 Å². The molecule has 2 aliphatic heterocycles. The molecule has 3 heterocycles. The van der Waals surface area contributed by atoms with Crippen molar-refractivity contribution >= 4 is 17.0 Å². The zero-order chi connectivity index (χ0) is 21.2. The van der Waals surface area contributed by atoms with Gasteiger partial charge in [-0.15, -0.1) is 11.3 Å². The molecule has 0 spiro atoms. The Morgan fingerprint density at radius 2 is 2.00 bits per heavy atom. The Morgan fingerprint density at radius 3 is 2.81 bits per heavy atom. The Kier molecular flexibility index (Phi) is 5.89. The van der Waals surface area contributed by atoms with Crippen molar-refractivity contribution in [1.82, 2.24) is 9.88 Å². The number of halogens is 1. The van der Waals surface area contributed by atoms with E-state index in [0.717, 1.165) is 61.0 Å². The number of methoxy groups -OCH3 is 1. The third-order valence-electron chi connectivity index (χ3n) is 5.90. The van der Waals surface area contributed by atoms with E-state index in [4.69, 9.17) is 14.5 Å². The van der Waals surface area contributed by atoms with E-state index < -0.39 is 0 Å². The average Bonchev–Trinajstić information content (AvgIpc) is 3.23. The minimum Gasteiger partial charge on any atom is -0.497 e. The molecule has 1 saturated heterocycles. The Hall–Kier alpha value is -2.48. The molecule has 0 radical (unpaired) electrons.